The van der Waals surface area contributed by atoms with Crippen molar-refractivity contribution in [3.8, 4) is 22.1 Å². The predicted octanol–water partition coefficient (Wildman–Crippen LogP) is 4.46. The lowest BCUT2D eigenvalue weighted by molar-refractivity contribution is 0.430. The molecule has 2 heterocycles. The molecule has 0 radical (unpaired) electrons. The summed E-state index contributed by atoms with van der Waals surface area (Å²) < 4.78 is 0.910. The number of aliphatic imine (C=N–C) groups is 1. The van der Waals surface area contributed by atoms with Crippen molar-refractivity contribution < 1.29 is 5.11 Å². The van der Waals surface area contributed by atoms with Crippen molar-refractivity contribution in [1.29, 1.82) is 0 Å². The molecule has 156 valence electrons. The van der Waals surface area contributed by atoms with Crippen LogP contribution in [0.2, 0.25) is 15.1 Å². The van der Waals surface area contributed by atoms with E-state index in [1.54, 1.807) is 36.4 Å². The van der Waals surface area contributed by atoms with Crippen molar-refractivity contribution in [2.75, 3.05) is 0 Å². The van der Waals surface area contributed by atoms with E-state index in [9.17, 15) is 14.7 Å². The lowest BCUT2D eigenvalue weighted by Gasteiger charge is -2.09. The van der Waals surface area contributed by atoms with E-state index in [1.165, 1.54) is 6.07 Å². The van der Waals surface area contributed by atoms with Crippen LogP contribution in [0.3, 0.4) is 0 Å². The Morgan fingerprint density at radius 3 is 2.58 bits per heavy atom. The van der Waals surface area contributed by atoms with E-state index in [0.717, 1.165) is 22.1 Å². The van der Waals surface area contributed by atoms with Gasteiger partial charge >= 0.3 is 5.69 Å². The third-order valence-electron chi connectivity index (χ3n) is 4.07. The molecule has 8 nitrogen and oxygen atoms in total. The van der Waals surface area contributed by atoms with Gasteiger partial charge in [-0.2, -0.15) is 0 Å². The Bertz CT molecular complexity index is 1440. The summed E-state index contributed by atoms with van der Waals surface area (Å²) in [4.78, 5) is 30.7. The van der Waals surface area contributed by atoms with Crippen LogP contribution < -0.4 is 11.2 Å². The van der Waals surface area contributed by atoms with Gasteiger partial charge in [-0.15, -0.1) is 10.2 Å². The van der Waals surface area contributed by atoms with Gasteiger partial charge in [0.1, 0.15) is 5.56 Å². The lowest BCUT2D eigenvalue weighted by atomic mass is 10.2. The molecule has 0 aliphatic carbocycles. The molecule has 0 fully saturated rings. The molecule has 12 heteroatoms. The molecular weight excluding hydrogens is 485 g/mol. The first kappa shape index (κ1) is 21.3. The molecule has 4 aromatic rings. The first-order valence-electron chi connectivity index (χ1n) is 8.50. The van der Waals surface area contributed by atoms with Crippen molar-refractivity contribution in [2.45, 2.75) is 0 Å². The zero-order chi connectivity index (χ0) is 22.1. The molecular formula is C19H10Cl3N5O3S. The van der Waals surface area contributed by atoms with Crippen LogP contribution >= 0.6 is 46.1 Å². The molecule has 4 rings (SSSR count). The first-order chi connectivity index (χ1) is 14.8. The number of benzene rings is 2. The Kier molecular flexibility index (Phi) is 5.92. The van der Waals surface area contributed by atoms with Crippen LogP contribution in [0.1, 0.15) is 5.56 Å². The topological polar surface area (TPSA) is 113 Å². The molecule has 0 amide bonds. The first-order valence-corrected chi connectivity index (χ1v) is 10.5. The highest BCUT2D eigenvalue weighted by atomic mass is 35.5. The summed E-state index contributed by atoms with van der Waals surface area (Å²) in [6.45, 7) is 0. The quantitative estimate of drug-likeness (QED) is 0.407. The molecule has 0 aliphatic rings. The zero-order valence-corrected chi connectivity index (χ0v) is 18.3. The summed E-state index contributed by atoms with van der Waals surface area (Å²) in [5.74, 6) is -0.592. The summed E-state index contributed by atoms with van der Waals surface area (Å²) in [5.41, 5.74) is -0.968. The Morgan fingerprint density at radius 1 is 1.06 bits per heavy atom. The van der Waals surface area contributed by atoms with Crippen LogP contribution in [0.5, 0.6) is 5.88 Å². The van der Waals surface area contributed by atoms with Gasteiger partial charge in [-0.3, -0.25) is 9.78 Å². The van der Waals surface area contributed by atoms with Crippen LogP contribution in [0.25, 0.3) is 16.3 Å². The van der Waals surface area contributed by atoms with Gasteiger partial charge < -0.3 is 5.11 Å². The fourth-order valence-corrected chi connectivity index (χ4v) is 4.14. The van der Waals surface area contributed by atoms with E-state index in [4.69, 9.17) is 34.8 Å². The van der Waals surface area contributed by atoms with Crippen LogP contribution in [0, 0.1) is 0 Å². The molecule has 2 aromatic heterocycles. The molecule has 0 spiro atoms. The number of aromatic amines is 1. The minimum Gasteiger partial charge on any atom is -0.493 e. The zero-order valence-electron chi connectivity index (χ0n) is 15.2. The number of nitrogens with one attached hydrogen (secondary N) is 1. The van der Waals surface area contributed by atoms with Crippen molar-refractivity contribution in [3.05, 3.63) is 83.9 Å². The maximum Gasteiger partial charge on any atom is 0.335 e. The van der Waals surface area contributed by atoms with Crippen molar-refractivity contribution in [1.82, 2.24) is 19.7 Å². The third-order valence-corrected chi connectivity index (χ3v) is 5.71. The van der Waals surface area contributed by atoms with Crippen LogP contribution in [-0.2, 0) is 0 Å². The summed E-state index contributed by atoms with van der Waals surface area (Å²) in [6, 6.07) is 11.2. The highest BCUT2D eigenvalue weighted by Gasteiger charge is 2.15. The molecule has 0 aliphatic heterocycles. The third kappa shape index (κ3) is 4.40. The Hall–Kier alpha value is -2.98. The van der Waals surface area contributed by atoms with Gasteiger partial charge in [-0.25, -0.2) is 14.4 Å². The number of aromatic hydroxyl groups is 1. The van der Waals surface area contributed by atoms with Gasteiger partial charge in [0, 0.05) is 21.8 Å². The van der Waals surface area contributed by atoms with Gasteiger partial charge in [0.15, 0.2) is 5.01 Å². The van der Waals surface area contributed by atoms with Gasteiger partial charge in [0.25, 0.3) is 5.56 Å². The SMILES string of the molecule is O=c1[nH]c(=O)n(-c2cccc(Cl)c2)c(O)c1C=Nc1nnc(-c2ccc(Cl)cc2Cl)s1. The number of halogens is 3. The van der Waals surface area contributed by atoms with Crippen molar-refractivity contribution in [3.63, 3.8) is 0 Å². The fraction of sp³-hybridized carbons (Fsp3) is 0. The standard InChI is InChI=1S/C19H10Cl3N5O3S/c20-9-2-1-3-11(6-9)27-17(29)13(15(28)24-19(27)30)8-23-18-26-25-16(31-18)12-5-4-10(21)7-14(12)22/h1-8,29H,(H,24,28,30). The van der Waals surface area contributed by atoms with Gasteiger partial charge in [0.05, 0.1) is 10.7 Å². The molecule has 0 saturated carbocycles. The molecule has 0 saturated heterocycles. The van der Waals surface area contributed by atoms with Gasteiger partial charge in [-0.1, -0.05) is 52.2 Å². The van der Waals surface area contributed by atoms with E-state index >= 15 is 0 Å². The Morgan fingerprint density at radius 2 is 1.84 bits per heavy atom. The summed E-state index contributed by atoms with van der Waals surface area (Å²) in [6.07, 6.45) is 1.10. The molecule has 0 atom stereocenters. The lowest BCUT2D eigenvalue weighted by Crippen LogP contribution is -2.31. The average molecular weight is 495 g/mol. The van der Waals surface area contributed by atoms with Crippen molar-refractivity contribution in [2.24, 2.45) is 4.99 Å². The number of hydrogen-bond donors (Lipinski definition) is 2. The molecule has 0 unspecified atom stereocenters. The number of H-pyrrole nitrogens is 1. The largest absolute Gasteiger partial charge is 0.493 e. The highest BCUT2D eigenvalue weighted by molar-refractivity contribution is 7.18. The summed E-state index contributed by atoms with van der Waals surface area (Å²) >= 11 is 19.2. The van der Waals surface area contributed by atoms with E-state index in [2.05, 4.69) is 20.2 Å². The van der Waals surface area contributed by atoms with Crippen LogP contribution in [0.4, 0.5) is 5.13 Å². The second-order valence-electron chi connectivity index (χ2n) is 6.08. The van der Waals surface area contributed by atoms with E-state index in [0.29, 0.717) is 25.6 Å². The maximum absolute atomic E-state index is 12.2. The van der Waals surface area contributed by atoms with E-state index in [1.807, 2.05) is 0 Å². The summed E-state index contributed by atoms with van der Waals surface area (Å²) in [5, 5.41) is 20.5. The maximum atomic E-state index is 12.2. The van der Waals surface area contributed by atoms with Gasteiger partial charge in [0.2, 0.25) is 11.0 Å². The van der Waals surface area contributed by atoms with E-state index < -0.39 is 17.1 Å². The highest BCUT2D eigenvalue weighted by Crippen LogP contribution is 2.34. The van der Waals surface area contributed by atoms with E-state index in [-0.39, 0.29) is 16.4 Å². The molecule has 0 bridgehead atoms. The average Bonchev–Trinajstić information content (AvgIpc) is 3.16. The molecule has 2 aromatic carbocycles. The monoisotopic (exact) mass is 493 g/mol. The minimum atomic E-state index is -0.822. The van der Waals surface area contributed by atoms with Crippen molar-refractivity contribution >= 4 is 57.5 Å². The number of hydrogen-bond acceptors (Lipinski definition) is 7. The fourth-order valence-electron chi connectivity index (χ4n) is 2.67. The summed E-state index contributed by atoms with van der Waals surface area (Å²) in [7, 11) is 0. The number of aromatic nitrogens is 4. The van der Waals surface area contributed by atoms with Crippen LogP contribution in [-0.4, -0.2) is 31.1 Å². The Labute approximate surface area is 193 Å². The van der Waals surface area contributed by atoms with Gasteiger partial charge in [-0.05, 0) is 36.4 Å². The number of nitrogens with zero attached hydrogens (tertiary/aromatic N) is 4. The normalized spacial score (nSPS) is 11.3. The Balaban J connectivity index is 1.72. The molecule has 31 heavy (non-hydrogen) atoms. The number of rotatable bonds is 4. The smallest absolute Gasteiger partial charge is 0.335 e. The van der Waals surface area contributed by atoms with Crippen LogP contribution in [0.15, 0.2) is 57.0 Å². The second kappa shape index (κ2) is 8.64. The minimum absolute atomic E-state index is 0.209. The predicted molar refractivity (Wildman–Crippen MR) is 122 cm³/mol. The second-order valence-corrected chi connectivity index (χ2v) is 8.32. The molecule has 2 N–H and O–H groups in total.